The Bertz CT molecular complexity index is 412. The molecule has 3 nitrogen and oxygen atoms in total. The Morgan fingerprint density at radius 3 is 2.87 bits per heavy atom. The van der Waals surface area contributed by atoms with Gasteiger partial charge in [-0.05, 0) is 43.4 Å². The Morgan fingerprint density at radius 1 is 1.47 bits per heavy atom. The lowest BCUT2D eigenvalue weighted by Crippen LogP contribution is -2.33. The second-order valence-electron chi connectivity index (χ2n) is 4.12. The third kappa shape index (κ3) is 1.69. The largest absolute Gasteiger partial charge is 0.480 e. The van der Waals surface area contributed by atoms with E-state index in [1.807, 2.05) is 13.8 Å². The molecule has 1 atom stereocenters. The smallest absolute Gasteiger partial charge is 0.326 e. The maximum absolute atomic E-state index is 10.9. The van der Waals surface area contributed by atoms with Crippen molar-refractivity contribution in [1.29, 1.82) is 0 Å². The van der Waals surface area contributed by atoms with Crippen LogP contribution in [-0.4, -0.2) is 17.1 Å². The molecule has 2 rings (SSSR count). The number of rotatable bonds is 1. The number of benzene rings is 1. The number of anilines is 1. The summed E-state index contributed by atoms with van der Waals surface area (Å²) in [5.41, 5.74) is 4.62. The van der Waals surface area contributed by atoms with E-state index in [2.05, 4.69) is 17.4 Å². The summed E-state index contributed by atoms with van der Waals surface area (Å²) in [6.07, 6.45) is 1.52. The van der Waals surface area contributed by atoms with Crippen LogP contribution in [0.25, 0.3) is 0 Å². The summed E-state index contributed by atoms with van der Waals surface area (Å²) in [4.78, 5) is 10.9. The van der Waals surface area contributed by atoms with Crippen LogP contribution in [0.3, 0.4) is 0 Å². The minimum Gasteiger partial charge on any atom is -0.480 e. The molecular formula is C12H15NO2. The lowest BCUT2D eigenvalue weighted by atomic mass is 9.93. The fourth-order valence-electron chi connectivity index (χ4n) is 2.01. The number of hydrogen-bond acceptors (Lipinski definition) is 2. The minimum atomic E-state index is -0.762. The lowest BCUT2D eigenvalue weighted by molar-refractivity contribution is -0.138. The van der Waals surface area contributed by atoms with E-state index in [4.69, 9.17) is 5.11 Å². The Kier molecular flexibility index (Phi) is 2.39. The minimum absolute atomic E-state index is 0.432. The summed E-state index contributed by atoms with van der Waals surface area (Å²) >= 11 is 0. The number of hydrogen-bond donors (Lipinski definition) is 2. The van der Waals surface area contributed by atoms with Crippen LogP contribution in [0.5, 0.6) is 0 Å². The summed E-state index contributed by atoms with van der Waals surface area (Å²) < 4.78 is 0. The van der Waals surface area contributed by atoms with Crippen molar-refractivity contribution in [2.45, 2.75) is 32.7 Å². The predicted molar refractivity (Wildman–Crippen MR) is 59.3 cm³/mol. The Hall–Kier alpha value is -1.51. The van der Waals surface area contributed by atoms with Gasteiger partial charge in [-0.2, -0.15) is 0 Å². The van der Waals surface area contributed by atoms with Crippen molar-refractivity contribution < 1.29 is 9.90 Å². The van der Waals surface area contributed by atoms with E-state index in [9.17, 15) is 4.79 Å². The van der Waals surface area contributed by atoms with E-state index in [-0.39, 0.29) is 0 Å². The van der Waals surface area contributed by atoms with E-state index in [0.717, 1.165) is 12.1 Å². The first-order chi connectivity index (χ1) is 7.09. The molecular weight excluding hydrogens is 190 g/mol. The molecule has 0 bridgehead atoms. The van der Waals surface area contributed by atoms with Crippen molar-refractivity contribution in [3.63, 3.8) is 0 Å². The average Bonchev–Trinajstić information content (AvgIpc) is 2.23. The molecule has 80 valence electrons. The first kappa shape index (κ1) is 10.0. The maximum Gasteiger partial charge on any atom is 0.326 e. The van der Waals surface area contributed by atoms with Gasteiger partial charge in [-0.15, -0.1) is 0 Å². The van der Waals surface area contributed by atoms with Crippen LogP contribution in [0.4, 0.5) is 5.69 Å². The Morgan fingerprint density at radius 2 is 2.20 bits per heavy atom. The molecule has 1 heterocycles. The average molecular weight is 205 g/mol. The first-order valence-electron chi connectivity index (χ1n) is 5.18. The summed E-state index contributed by atoms with van der Waals surface area (Å²) in [7, 11) is 0. The number of aryl methyl sites for hydroxylation is 2. The molecule has 3 heteroatoms. The molecule has 2 N–H and O–H groups in total. The highest BCUT2D eigenvalue weighted by Gasteiger charge is 2.24. The van der Waals surface area contributed by atoms with Crippen LogP contribution in [0.15, 0.2) is 12.1 Å². The molecule has 0 aromatic heterocycles. The van der Waals surface area contributed by atoms with Gasteiger partial charge in [0.05, 0.1) is 0 Å². The molecule has 1 aliphatic heterocycles. The van der Waals surface area contributed by atoms with Gasteiger partial charge in [0.2, 0.25) is 0 Å². The number of aliphatic carboxylic acids is 1. The maximum atomic E-state index is 10.9. The lowest BCUT2D eigenvalue weighted by Gasteiger charge is -2.26. The number of carboxylic acid groups (broad SMARTS) is 1. The van der Waals surface area contributed by atoms with Crippen molar-refractivity contribution >= 4 is 11.7 Å². The van der Waals surface area contributed by atoms with Crippen molar-refractivity contribution in [3.8, 4) is 0 Å². The van der Waals surface area contributed by atoms with Crippen molar-refractivity contribution in [2.75, 3.05) is 5.32 Å². The van der Waals surface area contributed by atoms with Crippen LogP contribution in [0, 0.1) is 13.8 Å². The van der Waals surface area contributed by atoms with Crippen LogP contribution in [0.2, 0.25) is 0 Å². The summed E-state index contributed by atoms with van der Waals surface area (Å²) in [6, 6.07) is 3.75. The van der Waals surface area contributed by atoms with Gasteiger partial charge in [-0.3, -0.25) is 0 Å². The van der Waals surface area contributed by atoms with Crippen LogP contribution < -0.4 is 5.32 Å². The zero-order valence-electron chi connectivity index (χ0n) is 9.00. The normalized spacial score (nSPS) is 19.2. The standard InChI is InChI=1S/C12H15NO2/c1-7-3-4-9-5-6-10(12(14)15)13-11(9)8(7)2/h3-4,10,13H,5-6H2,1-2H3,(H,14,15). The molecule has 0 spiro atoms. The molecule has 0 amide bonds. The zero-order chi connectivity index (χ0) is 11.0. The second-order valence-corrected chi connectivity index (χ2v) is 4.12. The van der Waals surface area contributed by atoms with Crippen LogP contribution >= 0.6 is 0 Å². The van der Waals surface area contributed by atoms with E-state index >= 15 is 0 Å². The summed E-state index contributed by atoms with van der Waals surface area (Å²) in [5, 5.41) is 12.1. The van der Waals surface area contributed by atoms with Crippen molar-refractivity contribution in [2.24, 2.45) is 0 Å². The Balaban J connectivity index is 2.39. The SMILES string of the molecule is Cc1ccc2c(c1C)NC(C(=O)O)CC2. The molecule has 1 aromatic rings. The van der Waals surface area contributed by atoms with Gasteiger partial charge < -0.3 is 10.4 Å². The van der Waals surface area contributed by atoms with Crippen molar-refractivity contribution in [1.82, 2.24) is 0 Å². The molecule has 1 unspecified atom stereocenters. The predicted octanol–water partition coefficient (Wildman–Crippen LogP) is 2.11. The molecule has 1 aliphatic rings. The summed E-state index contributed by atoms with van der Waals surface area (Å²) in [6.45, 7) is 4.08. The first-order valence-corrected chi connectivity index (χ1v) is 5.18. The molecule has 0 saturated heterocycles. The summed E-state index contributed by atoms with van der Waals surface area (Å²) in [5.74, 6) is -0.762. The fraction of sp³-hybridized carbons (Fsp3) is 0.417. The van der Waals surface area contributed by atoms with Gasteiger partial charge in [-0.1, -0.05) is 12.1 Å². The van der Waals surface area contributed by atoms with E-state index in [1.54, 1.807) is 0 Å². The van der Waals surface area contributed by atoms with Gasteiger partial charge in [0.25, 0.3) is 0 Å². The highest BCUT2D eigenvalue weighted by atomic mass is 16.4. The number of fused-ring (bicyclic) bond motifs is 1. The Labute approximate surface area is 89.1 Å². The number of nitrogens with one attached hydrogen (secondary N) is 1. The highest BCUT2D eigenvalue weighted by Crippen LogP contribution is 2.30. The number of carboxylic acids is 1. The molecule has 0 radical (unpaired) electrons. The van der Waals surface area contributed by atoms with Crippen LogP contribution in [-0.2, 0) is 11.2 Å². The van der Waals surface area contributed by atoms with Gasteiger partial charge in [0.15, 0.2) is 0 Å². The second kappa shape index (κ2) is 3.57. The third-order valence-corrected chi connectivity index (χ3v) is 3.14. The fourth-order valence-corrected chi connectivity index (χ4v) is 2.01. The van der Waals surface area contributed by atoms with E-state index in [0.29, 0.717) is 6.42 Å². The third-order valence-electron chi connectivity index (χ3n) is 3.14. The van der Waals surface area contributed by atoms with Crippen molar-refractivity contribution in [3.05, 3.63) is 28.8 Å². The molecule has 1 aromatic carbocycles. The van der Waals surface area contributed by atoms with Gasteiger partial charge >= 0.3 is 5.97 Å². The number of carbonyl (C=O) groups is 1. The zero-order valence-corrected chi connectivity index (χ0v) is 9.00. The molecule has 0 fully saturated rings. The monoisotopic (exact) mass is 205 g/mol. The highest BCUT2D eigenvalue weighted by molar-refractivity contribution is 5.79. The van der Waals surface area contributed by atoms with E-state index in [1.165, 1.54) is 16.7 Å². The molecule has 0 aliphatic carbocycles. The quantitative estimate of drug-likeness (QED) is 0.738. The van der Waals surface area contributed by atoms with Gasteiger partial charge in [0, 0.05) is 5.69 Å². The van der Waals surface area contributed by atoms with Crippen LogP contribution in [0.1, 0.15) is 23.1 Å². The molecule has 15 heavy (non-hydrogen) atoms. The molecule has 0 saturated carbocycles. The topological polar surface area (TPSA) is 49.3 Å². The van der Waals surface area contributed by atoms with E-state index < -0.39 is 12.0 Å². The van der Waals surface area contributed by atoms with Gasteiger partial charge in [-0.25, -0.2) is 4.79 Å². The van der Waals surface area contributed by atoms with Gasteiger partial charge in [0.1, 0.15) is 6.04 Å².